The van der Waals surface area contributed by atoms with Gasteiger partial charge in [-0.2, -0.15) is 0 Å². The van der Waals surface area contributed by atoms with Gasteiger partial charge in [0.2, 0.25) is 0 Å². The van der Waals surface area contributed by atoms with E-state index in [0.717, 1.165) is 24.2 Å². The first-order chi connectivity index (χ1) is 9.15. The second kappa shape index (κ2) is 4.52. The lowest BCUT2D eigenvalue weighted by Gasteiger charge is -2.39. The Kier molecular flexibility index (Phi) is 2.96. The van der Waals surface area contributed by atoms with Crippen molar-refractivity contribution >= 4 is 5.78 Å². The number of carbonyl (C=O) groups is 1. The van der Waals surface area contributed by atoms with Crippen molar-refractivity contribution in [3.8, 4) is 0 Å². The van der Waals surface area contributed by atoms with Crippen molar-refractivity contribution in [2.45, 2.75) is 45.1 Å². The third kappa shape index (κ3) is 1.81. The first-order valence-corrected chi connectivity index (χ1v) is 7.11. The van der Waals surface area contributed by atoms with Crippen molar-refractivity contribution in [3.05, 3.63) is 47.2 Å². The van der Waals surface area contributed by atoms with E-state index in [-0.39, 0.29) is 17.3 Å². The second-order valence-electron chi connectivity index (χ2n) is 5.68. The quantitative estimate of drug-likeness (QED) is 0.800. The number of benzene rings is 1. The van der Waals surface area contributed by atoms with E-state index in [1.807, 2.05) is 13.0 Å². The molecule has 2 nitrogen and oxygen atoms in total. The van der Waals surface area contributed by atoms with Gasteiger partial charge in [0.05, 0.1) is 0 Å². The number of fused-ring (bicyclic) bond motifs is 1. The fourth-order valence-corrected chi connectivity index (χ4v) is 3.83. The molecule has 2 unspecified atom stereocenters. The average Bonchev–Trinajstić information content (AvgIpc) is 2.73. The van der Waals surface area contributed by atoms with Crippen LogP contribution < -0.4 is 0 Å². The first-order valence-electron chi connectivity index (χ1n) is 7.11. The summed E-state index contributed by atoms with van der Waals surface area (Å²) in [6, 6.07) is 10.4. The number of rotatable bonds is 2. The molecular weight excluding hydrogens is 236 g/mol. The zero-order valence-corrected chi connectivity index (χ0v) is 11.6. The molecule has 100 valence electrons. The summed E-state index contributed by atoms with van der Waals surface area (Å²) in [5, 5.41) is 0. The predicted octanol–water partition coefficient (Wildman–Crippen LogP) is 3.97. The molecule has 0 radical (unpaired) electrons. The van der Waals surface area contributed by atoms with Crippen molar-refractivity contribution in [3.63, 3.8) is 0 Å². The van der Waals surface area contributed by atoms with Crippen LogP contribution in [0.4, 0.5) is 0 Å². The minimum absolute atomic E-state index is 0.169. The maximum atomic E-state index is 11.9. The van der Waals surface area contributed by atoms with Crippen LogP contribution in [0.15, 0.2) is 41.7 Å². The summed E-state index contributed by atoms with van der Waals surface area (Å²) in [6.07, 6.45) is 4.42. The highest BCUT2D eigenvalue weighted by Gasteiger charge is 2.51. The molecule has 2 aliphatic rings. The monoisotopic (exact) mass is 256 g/mol. The standard InChI is InChI=1S/C17H20O2/c1-12(18)16-13(2)19-17(11-7-6-10-15(16)17)14-8-4-3-5-9-14/h3-5,8-9,15H,6-7,10-11H2,1-2H3. The van der Waals surface area contributed by atoms with Gasteiger partial charge in [-0.1, -0.05) is 36.8 Å². The van der Waals surface area contributed by atoms with E-state index in [0.29, 0.717) is 0 Å². The van der Waals surface area contributed by atoms with Gasteiger partial charge in [-0.25, -0.2) is 0 Å². The van der Waals surface area contributed by atoms with Crippen LogP contribution in [0.3, 0.4) is 0 Å². The van der Waals surface area contributed by atoms with E-state index in [1.165, 1.54) is 18.4 Å². The Hall–Kier alpha value is -1.57. The van der Waals surface area contributed by atoms with Crippen molar-refractivity contribution in [1.82, 2.24) is 0 Å². The van der Waals surface area contributed by atoms with Gasteiger partial charge in [-0.3, -0.25) is 4.79 Å². The number of ketones is 1. The highest BCUT2D eigenvalue weighted by atomic mass is 16.5. The molecule has 2 heteroatoms. The van der Waals surface area contributed by atoms with Gasteiger partial charge in [0.25, 0.3) is 0 Å². The van der Waals surface area contributed by atoms with Gasteiger partial charge in [0.1, 0.15) is 11.4 Å². The van der Waals surface area contributed by atoms with Gasteiger partial charge in [-0.15, -0.1) is 0 Å². The van der Waals surface area contributed by atoms with E-state index in [2.05, 4.69) is 24.3 Å². The Morgan fingerprint density at radius 1 is 1.26 bits per heavy atom. The second-order valence-corrected chi connectivity index (χ2v) is 5.68. The molecule has 1 aromatic rings. The Morgan fingerprint density at radius 2 is 2.00 bits per heavy atom. The van der Waals surface area contributed by atoms with E-state index in [9.17, 15) is 4.79 Å². The maximum Gasteiger partial charge on any atom is 0.159 e. The molecule has 0 bridgehead atoms. The number of hydrogen-bond donors (Lipinski definition) is 0. The zero-order valence-electron chi connectivity index (χ0n) is 11.6. The number of allylic oxidation sites excluding steroid dienone is 1. The van der Waals surface area contributed by atoms with Gasteiger partial charge in [-0.05, 0) is 38.7 Å². The Morgan fingerprint density at radius 3 is 2.68 bits per heavy atom. The maximum absolute atomic E-state index is 11.9. The van der Waals surface area contributed by atoms with Crippen LogP contribution in [0.2, 0.25) is 0 Å². The molecule has 1 fully saturated rings. The van der Waals surface area contributed by atoms with E-state index >= 15 is 0 Å². The summed E-state index contributed by atoms with van der Waals surface area (Å²) in [5.41, 5.74) is 1.85. The summed E-state index contributed by atoms with van der Waals surface area (Å²) in [4.78, 5) is 11.9. The van der Waals surface area contributed by atoms with Crippen LogP contribution in [0.25, 0.3) is 0 Å². The predicted molar refractivity (Wildman–Crippen MR) is 74.5 cm³/mol. The lowest BCUT2D eigenvalue weighted by Crippen LogP contribution is -2.37. The fraction of sp³-hybridized carbons (Fsp3) is 0.471. The third-order valence-electron chi connectivity index (χ3n) is 4.56. The Bertz CT molecular complexity index is 529. The van der Waals surface area contributed by atoms with E-state index < -0.39 is 0 Å². The van der Waals surface area contributed by atoms with Gasteiger partial charge < -0.3 is 4.74 Å². The molecule has 0 aromatic heterocycles. The molecule has 1 heterocycles. The van der Waals surface area contributed by atoms with Crippen molar-refractivity contribution in [1.29, 1.82) is 0 Å². The lowest BCUT2D eigenvalue weighted by atomic mass is 9.69. The molecule has 2 atom stereocenters. The normalized spacial score (nSPS) is 29.9. The van der Waals surface area contributed by atoms with E-state index in [4.69, 9.17) is 4.74 Å². The summed E-state index contributed by atoms with van der Waals surface area (Å²) in [6.45, 7) is 3.61. The summed E-state index contributed by atoms with van der Waals surface area (Å²) < 4.78 is 6.27. The summed E-state index contributed by atoms with van der Waals surface area (Å²) in [5.74, 6) is 1.24. The smallest absolute Gasteiger partial charge is 0.159 e. The van der Waals surface area contributed by atoms with E-state index in [1.54, 1.807) is 6.92 Å². The molecular formula is C17H20O2. The zero-order chi connectivity index (χ0) is 13.5. The minimum Gasteiger partial charge on any atom is -0.486 e. The number of ether oxygens (including phenoxy) is 1. The molecule has 1 aliphatic carbocycles. The van der Waals surface area contributed by atoms with Gasteiger partial charge >= 0.3 is 0 Å². The molecule has 19 heavy (non-hydrogen) atoms. The first kappa shape index (κ1) is 12.5. The van der Waals surface area contributed by atoms with Crippen LogP contribution in [0, 0.1) is 5.92 Å². The molecule has 0 N–H and O–H groups in total. The Labute approximate surface area is 114 Å². The molecule has 0 saturated heterocycles. The highest BCUT2D eigenvalue weighted by molar-refractivity contribution is 5.95. The van der Waals surface area contributed by atoms with Crippen LogP contribution in [-0.4, -0.2) is 5.78 Å². The van der Waals surface area contributed by atoms with Crippen LogP contribution >= 0.6 is 0 Å². The number of Topliss-reactive ketones (excluding diaryl/α,β-unsaturated/α-hetero) is 1. The number of hydrogen-bond acceptors (Lipinski definition) is 2. The molecule has 1 aromatic carbocycles. The summed E-state index contributed by atoms with van der Waals surface area (Å²) >= 11 is 0. The molecule has 0 spiro atoms. The molecule has 3 rings (SSSR count). The van der Waals surface area contributed by atoms with Crippen molar-refractivity contribution < 1.29 is 9.53 Å². The van der Waals surface area contributed by atoms with Crippen LogP contribution in [-0.2, 0) is 15.1 Å². The van der Waals surface area contributed by atoms with Crippen molar-refractivity contribution in [2.24, 2.45) is 5.92 Å². The molecule has 1 saturated carbocycles. The largest absolute Gasteiger partial charge is 0.486 e. The Balaban J connectivity index is 2.08. The molecule has 0 amide bonds. The third-order valence-corrected chi connectivity index (χ3v) is 4.56. The topological polar surface area (TPSA) is 26.3 Å². The minimum atomic E-state index is -0.287. The SMILES string of the molecule is CC(=O)C1=C(C)OC2(c3ccccc3)CCCCC12. The van der Waals surface area contributed by atoms with Gasteiger partial charge in [0, 0.05) is 11.5 Å². The van der Waals surface area contributed by atoms with Gasteiger partial charge in [0.15, 0.2) is 5.78 Å². The summed E-state index contributed by atoms with van der Waals surface area (Å²) in [7, 11) is 0. The van der Waals surface area contributed by atoms with Crippen LogP contribution in [0.1, 0.15) is 45.1 Å². The van der Waals surface area contributed by atoms with Crippen LogP contribution in [0.5, 0.6) is 0 Å². The molecule has 1 aliphatic heterocycles. The highest BCUT2D eigenvalue weighted by Crippen LogP contribution is 2.54. The lowest BCUT2D eigenvalue weighted by molar-refractivity contribution is -0.114. The fourth-order valence-electron chi connectivity index (χ4n) is 3.83. The number of carbonyl (C=O) groups excluding carboxylic acids is 1. The average molecular weight is 256 g/mol. The van der Waals surface area contributed by atoms with Crippen molar-refractivity contribution in [2.75, 3.05) is 0 Å².